The molecule has 0 radical (unpaired) electrons. The van der Waals surface area contributed by atoms with Crippen LogP contribution in [-0.4, -0.2) is 26.2 Å². The predicted octanol–water partition coefficient (Wildman–Crippen LogP) is 4.66. The normalized spacial score (nSPS) is 23.4. The molecular weight excluding hydrogens is 370 g/mol. The number of rotatable bonds is 2. The first-order valence-corrected chi connectivity index (χ1v) is 9.66. The fourth-order valence-corrected chi connectivity index (χ4v) is 4.93. The fourth-order valence-electron chi connectivity index (χ4n) is 4.93. The molecule has 28 heavy (non-hydrogen) atoms. The number of hydrogen-bond acceptors (Lipinski definition) is 3. The number of aryl methyl sites for hydroxylation is 1. The number of fused-ring (bicyclic) bond motifs is 2. The molecule has 148 valence electrons. The summed E-state index contributed by atoms with van der Waals surface area (Å²) in [5.74, 6) is 0.247. The van der Waals surface area contributed by atoms with Crippen molar-refractivity contribution in [2.75, 3.05) is 36.4 Å². The maximum absolute atomic E-state index is 14.2. The molecule has 3 nitrogen and oxygen atoms in total. The van der Waals surface area contributed by atoms with Crippen molar-refractivity contribution in [3.05, 3.63) is 52.8 Å². The van der Waals surface area contributed by atoms with Crippen molar-refractivity contribution in [2.24, 2.45) is 5.92 Å². The minimum atomic E-state index is -4.50. The number of anilines is 3. The van der Waals surface area contributed by atoms with Gasteiger partial charge < -0.3 is 15.5 Å². The van der Waals surface area contributed by atoms with Crippen LogP contribution in [0.1, 0.15) is 29.0 Å². The summed E-state index contributed by atoms with van der Waals surface area (Å²) >= 11 is 0. The van der Waals surface area contributed by atoms with Crippen LogP contribution in [0.25, 0.3) is 0 Å². The number of halogens is 4. The van der Waals surface area contributed by atoms with Gasteiger partial charge in [0.2, 0.25) is 0 Å². The summed E-state index contributed by atoms with van der Waals surface area (Å²) in [5.41, 5.74) is 3.36. The molecule has 7 heteroatoms. The van der Waals surface area contributed by atoms with Gasteiger partial charge in [-0.15, -0.1) is 0 Å². The fraction of sp³-hybridized carbons (Fsp3) is 0.429. The van der Waals surface area contributed by atoms with Crippen LogP contribution in [-0.2, 0) is 12.6 Å². The maximum Gasteiger partial charge on any atom is 0.416 e. The van der Waals surface area contributed by atoms with E-state index in [2.05, 4.69) is 15.5 Å². The molecule has 0 bridgehead atoms. The lowest BCUT2D eigenvalue weighted by molar-refractivity contribution is -0.137. The molecule has 0 amide bonds. The largest absolute Gasteiger partial charge is 0.416 e. The summed E-state index contributed by atoms with van der Waals surface area (Å²) in [7, 11) is 0. The zero-order chi connectivity index (χ0) is 19.5. The molecule has 1 fully saturated rings. The first-order valence-electron chi connectivity index (χ1n) is 9.66. The molecule has 0 aliphatic carbocycles. The number of benzene rings is 2. The minimum absolute atomic E-state index is 0.147. The predicted molar refractivity (Wildman–Crippen MR) is 101 cm³/mol. The molecule has 2 atom stereocenters. The second-order valence-electron chi connectivity index (χ2n) is 7.96. The average Bonchev–Trinajstić information content (AvgIpc) is 3.11. The van der Waals surface area contributed by atoms with E-state index in [1.54, 1.807) is 0 Å². The van der Waals surface area contributed by atoms with Gasteiger partial charge in [0.1, 0.15) is 5.82 Å². The van der Waals surface area contributed by atoms with Crippen LogP contribution < -0.4 is 15.5 Å². The molecule has 3 heterocycles. The smallest absolute Gasteiger partial charge is 0.371 e. The zero-order valence-corrected chi connectivity index (χ0v) is 15.2. The van der Waals surface area contributed by atoms with E-state index >= 15 is 0 Å². The Labute approximate surface area is 160 Å². The SMILES string of the molecule is Fc1ccc(C(F)(F)F)cc1Nc1cc2c3c(c1)C1CNCC1CN3CCC2. The van der Waals surface area contributed by atoms with Crippen molar-refractivity contribution in [1.82, 2.24) is 5.32 Å². The van der Waals surface area contributed by atoms with Crippen LogP contribution in [0, 0.1) is 11.7 Å². The molecule has 2 aromatic carbocycles. The van der Waals surface area contributed by atoms with Crippen molar-refractivity contribution in [1.29, 1.82) is 0 Å². The third-order valence-electron chi connectivity index (χ3n) is 6.18. The Hall–Kier alpha value is -2.28. The van der Waals surface area contributed by atoms with Crippen molar-refractivity contribution >= 4 is 17.1 Å². The van der Waals surface area contributed by atoms with Crippen LogP contribution in [0.15, 0.2) is 30.3 Å². The van der Waals surface area contributed by atoms with E-state index in [-0.39, 0.29) is 5.69 Å². The summed E-state index contributed by atoms with van der Waals surface area (Å²) in [6.07, 6.45) is -2.52. The van der Waals surface area contributed by atoms with Crippen molar-refractivity contribution < 1.29 is 17.6 Å². The van der Waals surface area contributed by atoms with Gasteiger partial charge in [-0.1, -0.05) is 0 Å². The van der Waals surface area contributed by atoms with Gasteiger partial charge >= 0.3 is 6.18 Å². The van der Waals surface area contributed by atoms with Crippen molar-refractivity contribution in [3.8, 4) is 0 Å². The average molecular weight is 391 g/mol. The summed E-state index contributed by atoms with van der Waals surface area (Å²) in [6.45, 7) is 3.98. The highest BCUT2D eigenvalue weighted by molar-refractivity contribution is 5.73. The molecule has 5 rings (SSSR count). The molecule has 3 aliphatic heterocycles. The molecule has 0 saturated carbocycles. The van der Waals surface area contributed by atoms with E-state index in [0.29, 0.717) is 17.5 Å². The van der Waals surface area contributed by atoms with Crippen LogP contribution in [0.2, 0.25) is 0 Å². The second-order valence-corrected chi connectivity index (χ2v) is 7.96. The third kappa shape index (κ3) is 2.92. The number of nitrogens with one attached hydrogen (secondary N) is 2. The van der Waals surface area contributed by atoms with Gasteiger partial charge in [0.05, 0.1) is 11.3 Å². The van der Waals surface area contributed by atoms with Gasteiger partial charge in [0, 0.05) is 43.5 Å². The van der Waals surface area contributed by atoms with E-state index in [1.807, 2.05) is 12.1 Å². The molecule has 0 spiro atoms. The number of nitrogens with zero attached hydrogens (tertiary/aromatic N) is 1. The Morgan fingerprint density at radius 1 is 1.11 bits per heavy atom. The van der Waals surface area contributed by atoms with Crippen molar-refractivity contribution in [3.63, 3.8) is 0 Å². The summed E-state index contributed by atoms with van der Waals surface area (Å²) < 4.78 is 53.3. The lowest BCUT2D eigenvalue weighted by Crippen LogP contribution is -2.41. The summed E-state index contributed by atoms with van der Waals surface area (Å²) in [5, 5.41) is 6.37. The second kappa shape index (κ2) is 6.37. The van der Waals surface area contributed by atoms with E-state index in [9.17, 15) is 17.6 Å². The Morgan fingerprint density at radius 3 is 2.79 bits per heavy atom. The standard InChI is InChI=1S/C21H21F4N3/c22-18-4-3-14(21(23,24)25)7-19(18)27-15-6-12-2-1-5-28-11-13-9-26-10-17(13)16(8-15)20(12)28/h3-4,6-8,13,17,26-27H,1-2,5,9-11H2. The monoisotopic (exact) mass is 391 g/mol. The topological polar surface area (TPSA) is 27.3 Å². The lowest BCUT2D eigenvalue weighted by Gasteiger charge is -2.42. The van der Waals surface area contributed by atoms with Crippen LogP contribution in [0.3, 0.4) is 0 Å². The van der Waals surface area contributed by atoms with Crippen molar-refractivity contribution in [2.45, 2.75) is 24.9 Å². The Balaban J connectivity index is 1.55. The molecular formula is C21H21F4N3. The highest BCUT2D eigenvalue weighted by Crippen LogP contribution is 2.46. The molecule has 0 aromatic heterocycles. The van der Waals surface area contributed by atoms with Gasteiger partial charge in [-0.05, 0) is 60.2 Å². The van der Waals surface area contributed by atoms with Crippen LogP contribution in [0.4, 0.5) is 34.6 Å². The Bertz CT molecular complexity index is 925. The van der Waals surface area contributed by atoms with Gasteiger partial charge in [-0.25, -0.2) is 4.39 Å². The van der Waals surface area contributed by atoms with Gasteiger partial charge in [-0.3, -0.25) is 0 Å². The van der Waals surface area contributed by atoms with Crippen LogP contribution >= 0.6 is 0 Å². The first-order chi connectivity index (χ1) is 13.4. The Morgan fingerprint density at radius 2 is 1.96 bits per heavy atom. The van der Waals surface area contributed by atoms with E-state index in [4.69, 9.17) is 0 Å². The number of hydrogen-bond donors (Lipinski definition) is 2. The summed E-state index contributed by atoms with van der Waals surface area (Å²) in [6, 6.07) is 6.44. The number of alkyl halides is 3. The van der Waals surface area contributed by atoms with Gasteiger partial charge in [0.15, 0.2) is 0 Å². The highest BCUT2D eigenvalue weighted by atomic mass is 19.4. The molecule has 2 N–H and O–H groups in total. The van der Waals surface area contributed by atoms with Crippen LogP contribution in [0.5, 0.6) is 0 Å². The first kappa shape index (κ1) is 17.8. The van der Waals surface area contributed by atoms with Gasteiger partial charge in [-0.2, -0.15) is 13.2 Å². The maximum atomic E-state index is 14.2. The zero-order valence-electron chi connectivity index (χ0n) is 15.2. The molecule has 2 aromatic rings. The minimum Gasteiger partial charge on any atom is -0.371 e. The Kier molecular flexibility index (Phi) is 4.05. The molecule has 2 unspecified atom stereocenters. The quantitative estimate of drug-likeness (QED) is 0.730. The molecule has 1 saturated heterocycles. The van der Waals surface area contributed by atoms with E-state index < -0.39 is 17.6 Å². The molecule has 3 aliphatic rings. The third-order valence-corrected chi connectivity index (χ3v) is 6.18. The van der Waals surface area contributed by atoms with E-state index in [0.717, 1.165) is 57.2 Å². The highest BCUT2D eigenvalue weighted by Gasteiger charge is 2.39. The van der Waals surface area contributed by atoms with Gasteiger partial charge in [0.25, 0.3) is 0 Å². The van der Waals surface area contributed by atoms with E-state index in [1.165, 1.54) is 16.8 Å². The summed E-state index contributed by atoms with van der Waals surface area (Å²) in [4.78, 5) is 2.44. The lowest BCUT2D eigenvalue weighted by atomic mass is 9.80.